The maximum absolute atomic E-state index is 12.4. The molecule has 3 rings (SSSR count). The minimum absolute atomic E-state index is 0.187. The van der Waals surface area contributed by atoms with Crippen LogP contribution in [0, 0.1) is 17.2 Å². The van der Waals surface area contributed by atoms with Crippen LogP contribution in [-0.4, -0.2) is 23.1 Å². The average Bonchev–Trinajstić information content (AvgIpc) is 3.14. The number of fused-ring (bicyclic) bond motifs is 3. The van der Waals surface area contributed by atoms with Crippen LogP contribution in [0.5, 0.6) is 0 Å². The Morgan fingerprint density at radius 2 is 2.41 bits per heavy atom. The lowest BCUT2D eigenvalue weighted by molar-refractivity contribution is -0.146. The van der Waals surface area contributed by atoms with Gasteiger partial charge in [0.15, 0.2) is 5.92 Å². The first-order valence-electron chi connectivity index (χ1n) is 6.79. The normalized spacial score (nSPS) is 17.5. The van der Waals surface area contributed by atoms with E-state index >= 15 is 0 Å². The van der Waals surface area contributed by atoms with E-state index in [1.807, 2.05) is 34.3 Å². The molecular weight excluding hydrogens is 302 g/mol. The molecule has 0 saturated carbocycles. The van der Waals surface area contributed by atoms with Gasteiger partial charge in [-0.1, -0.05) is 0 Å². The van der Waals surface area contributed by atoms with Crippen LogP contribution in [0.3, 0.4) is 0 Å². The van der Waals surface area contributed by atoms with Crippen molar-refractivity contribution in [3.05, 3.63) is 40.3 Å². The number of carbonyl (C=O) groups is 2. The number of thiophene rings is 1. The Bertz CT molecular complexity index is 771. The number of amides is 1. The van der Waals surface area contributed by atoms with Crippen LogP contribution < -0.4 is 5.32 Å². The molecule has 22 heavy (non-hydrogen) atoms. The molecule has 112 valence electrons. The summed E-state index contributed by atoms with van der Waals surface area (Å²) in [6.07, 6.45) is 1.81. The fourth-order valence-electron chi connectivity index (χ4n) is 2.56. The number of ether oxygens (including phenoxy) is 1. The molecule has 2 aromatic rings. The van der Waals surface area contributed by atoms with Gasteiger partial charge in [0.05, 0.1) is 24.4 Å². The number of hydrogen-bond acceptors (Lipinski definition) is 5. The molecule has 2 aromatic heterocycles. The Labute approximate surface area is 130 Å². The van der Waals surface area contributed by atoms with Crippen LogP contribution in [0.4, 0.5) is 0 Å². The summed E-state index contributed by atoms with van der Waals surface area (Å²) >= 11 is 1.32. The molecule has 0 fully saturated rings. The number of rotatable bonds is 3. The number of nitrogens with one attached hydrogen (secondary N) is 1. The highest BCUT2D eigenvalue weighted by molar-refractivity contribution is 7.12. The van der Waals surface area contributed by atoms with Gasteiger partial charge in [-0.2, -0.15) is 5.26 Å². The van der Waals surface area contributed by atoms with Gasteiger partial charge in [0.1, 0.15) is 4.88 Å². The molecule has 1 aliphatic heterocycles. The molecule has 6 nitrogen and oxygen atoms in total. The molecule has 1 N–H and O–H groups in total. The van der Waals surface area contributed by atoms with Crippen LogP contribution >= 0.6 is 11.3 Å². The zero-order valence-electron chi connectivity index (χ0n) is 11.8. The third-order valence-electron chi connectivity index (χ3n) is 3.51. The number of aromatic nitrogens is 1. The summed E-state index contributed by atoms with van der Waals surface area (Å²) in [5, 5.41) is 14.0. The van der Waals surface area contributed by atoms with E-state index in [2.05, 4.69) is 5.32 Å². The second kappa shape index (κ2) is 5.66. The maximum atomic E-state index is 12.4. The van der Waals surface area contributed by atoms with Gasteiger partial charge in [0, 0.05) is 11.9 Å². The predicted octanol–water partition coefficient (Wildman–Crippen LogP) is 2.03. The molecule has 0 aliphatic carbocycles. The minimum Gasteiger partial charge on any atom is -0.465 e. The Hall–Kier alpha value is -2.59. The van der Waals surface area contributed by atoms with Crippen LogP contribution in [0.15, 0.2) is 29.8 Å². The summed E-state index contributed by atoms with van der Waals surface area (Å²) in [5.41, 5.74) is 1.44. The number of carbonyl (C=O) groups excluding carboxylic acids is 2. The lowest BCUT2D eigenvalue weighted by Crippen LogP contribution is -2.36. The lowest BCUT2D eigenvalue weighted by atomic mass is 9.98. The van der Waals surface area contributed by atoms with E-state index in [9.17, 15) is 14.9 Å². The Balaban J connectivity index is 2.08. The van der Waals surface area contributed by atoms with E-state index in [-0.39, 0.29) is 12.5 Å². The molecule has 7 heteroatoms. The summed E-state index contributed by atoms with van der Waals surface area (Å²) in [6, 6.07) is 6.67. The first kappa shape index (κ1) is 14.4. The van der Waals surface area contributed by atoms with Crippen molar-refractivity contribution in [2.24, 2.45) is 5.92 Å². The van der Waals surface area contributed by atoms with Crippen LogP contribution in [0.2, 0.25) is 0 Å². The van der Waals surface area contributed by atoms with Crippen molar-refractivity contribution in [1.29, 1.82) is 5.26 Å². The second-order valence-corrected chi connectivity index (χ2v) is 5.66. The molecule has 2 unspecified atom stereocenters. The number of nitrogens with zero attached hydrogens (tertiary/aromatic N) is 2. The van der Waals surface area contributed by atoms with Crippen LogP contribution in [0.25, 0.3) is 5.69 Å². The number of hydrogen-bond donors (Lipinski definition) is 1. The van der Waals surface area contributed by atoms with Gasteiger partial charge in [0.25, 0.3) is 5.91 Å². The van der Waals surface area contributed by atoms with Gasteiger partial charge >= 0.3 is 5.97 Å². The van der Waals surface area contributed by atoms with Crippen LogP contribution in [0.1, 0.15) is 28.3 Å². The molecule has 2 atom stereocenters. The molecule has 1 aliphatic rings. The first-order valence-corrected chi connectivity index (χ1v) is 7.67. The van der Waals surface area contributed by atoms with Gasteiger partial charge in [-0.3, -0.25) is 9.59 Å². The summed E-state index contributed by atoms with van der Waals surface area (Å²) in [6.45, 7) is 1.87. The maximum Gasteiger partial charge on any atom is 0.325 e. The van der Waals surface area contributed by atoms with E-state index in [1.54, 1.807) is 13.0 Å². The Kier molecular flexibility index (Phi) is 3.69. The van der Waals surface area contributed by atoms with Gasteiger partial charge in [-0.25, -0.2) is 0 Å². The van der Waals surface area contributed by atoms with E-state index in [0.29, 0.717) is 10.6 Å². The monoisotopic (exact) mass is 315 g/mol. The van der Waals surface area contributed by atoms with Crippen molar-refractivity contribution < 1.29 is 14.3 Å². The molecule has 0 spiro atoms. The fourth-order valence-corrected chi connectivity index (χ4v) is 3.35. The molecular formula is C15H13N3O3S. The summed E-state index contributed by atoms with van der Waals surface area (Å²) < 4.78 is 6.79. The standard InChI is InChI=1S/C15H13N3O3S/c1-2-21-15(20)9(8-16)12-10-4-3-6-18(10)11-5-7-22-13(11)14(19)17-12/h3-7,9,12H,2H2,1H3,(H,17,19). The highest BCUT2D eigenvalue weighted by atomic mass is 32.1. The molecule has 1 amide bonds. The quantitative estimate of drug-likeness (QED) is 0.878. The SMILES string of the molecule is CCOC(=O)C(C#N)C1NC(=O)c2sccc2-n2cccc21. The van der Waals surface area contributed by atoms with E-state index in [0.717, 1.165) is 5.69 Å². The number of esters is 1. The van der Waals surface area contributed by atoms with Gasteiger partial charge in [-0.05, 0) is 30.5 Å². The first-order chi connectivity index (χ1) is 10.7. The highest BCUT2D eigenvalue weighted by Crippen LogP contribution is 2.33. The van der Waals surface area contributed by atoms with Crippen LogP contribution in [-0.2, 0) is 9.53 Å². The largest absolute Gasteiger partial charge is 0.465 e. The predicted molar refractivity (Wildman–Crippen MR) is 79.6 cm³/mol. The Morgan fingerprint density at radius 1 is 1.59 bits per heavy atom. The number of nitriles is 1. The summed E-state index contributed by atoms with van der Waals surface area (Å²) in [4.78, 5) is 25.0. The lowest BCUT2D eigenvalue weighted by Gasteiger charge is -2.21. The van der Waals surface area contributed by atoms with E-state index in [1.165, 1.54) is 11.3 Å². The van der Waals surface area contributed by atoms with Gasteiger partial charge < -0.3 is 14.6 Å². The zero-order chi connectivity index (χ0) is 15.7. The fraction of sp³-hybridized carbons (Fsp3) is 0.267. The van der Waals surface area contributed by atoms with Crippen molar-refractivity contribution >= 4 is 23.2 Å². The summed E-state index contributed by atoms with van der Waals surface area (Å²) in [7, 11) is 0. The third kappa shape index (κ3) is 2.18. The highest BCUT2D eigenvalue weighted by Gasteiger charge is 2.37. The van der Waals surface area contributed by atoms with E-state index in [4.69, 9.17) is 4.74 Å². The molecule has 0 bridgehead atoms. The van der Waals surface area contributed by atoms with Crippen molar-refractivity contribution in [2.75, 3.05) is 6.61 Å². The third-order valence-corrected chi connectivity index (χ3v) is 4.41. The molecule has 3 heterocycles. The van der Waals surface area contributed by atoms with Crippen molar-refractivity contribution in [2.45, 2.75) is 13.0 Å². The molecule has 0 aromatic carbocycles. The topological polar surface area (TPSA) is 84.1 Å². The van der Waals surface area contributed by atoms with Crippen molar-refractivity contribution in [1.82, 2.24) is 9.88 Å². The second-order valence-electron chi connectivity index (χ2n) is 4.75. The zero-order valence-corrected chi connectivity index (χ0v) is 12.6. The smallest absolute Gasteiger partial charge is 0.325 e. The molecule has 0 radical (unpaired) electrons. The van der Waals surface area contributed by atoms with Crippen molar-refractivity contribution in [3.63, 3.8) is 0 Å². The summed E-state index contributed by atoms with van der Waals surface area (Å²) in [5.74, 6) is -2.01. The van der Waals surface area contributed by atoms with Gasteiger partial charge in [0.2, 0.25) is 0 Å². The van der Waals surface area contributed by atoms with E-state index < -0.39 is 17.9 Å². The molecule has 0 saturated heterocycles. The average molecular weight is 315 g/mol. The van der Waals surface area contributed by atoms with Crippen molar-refractivity contribution in [3.8, 4) is 11.8 Å². The van der Waals surface area contributed by atoms with Gasteiger partial charge in [-0.15, -0.1) is 11.3 Å². The minimum atomic E-state index is -1.09. The Morgan fingerprint density at radius 3 is 3.14 bits per heavy atom.